The van der Waals surface area contributed by atoms with E-state index in [0.717, 1.165) is 25.1 Å². The molecule has 106 valence electrons. The second-order valence-electron chi connectivity index (χ2n) is 5.30. The van der Waals surface area contributed by atoms with Gasteiger partial charge in [0.15, 0.2) is 11.5 Å². The Bertz CT molecular complexity index is 435. The normalized spacial score (nSPS) is 24.2. The highest BCUT2D eigenvalue weighted by Crippen LogP contribution is 2.31. The van der Waals surface area contributed by atoms with Crippen molar-refractivity contribution in [3.8, 4) is 11.5 Å². The van der Waals surface area contributed by atoms with Crippen molar-refractivity contribution in [3.05, 3.63) is 18.0 Å². The summed E-state index contributed by atoms with van der Waals surface area (Å²) < 4.78 is 10.7. The highest BCUT2D eigenvalue weighted by Gasteiger charge is 2.29. The molecule has 2 heterocycles. The number of likely N-dealkylation sites (tertiary alicyclic amines) is 1. The Morgan fingerprint density at radius 2 is 2.21 bits per heavy atom. The SMILES string of the molecule is COc1ccnc(CN2CCCC(C)(O)C2)c1OC. The third-order valence-corrected chi connectivity index (χ3v) is 3.49. The van der Waals surface area contributed by atoms with Crippen LogP contribution in [-0.2, 0) is 6.54 Å². The lowest BCUT2D eigenvalue weighted by atomic mass is 9.95. The second kappa shape index (κ2) is 5.75. The summed E-state index contributed by atoms with van der Waals surface area (Å²) in [7, 11) is 3.24. The largest absolute Gasteiger partial charge is 0.493 e. The molecule has 2 rings (SSSR count). The monoisotopic (exact) mass is 266 g/mol. The van der Waals surface area contributed by atoms with E-state index < -0.39 is 5.60 Å². The van der Waals surface area contributed by atoms with Crippen molar-refractivity contribution in [1.29, 1.82) is 0 Å². The number of hydrogen-bond acceptors (Lipinski definition) is 5. The summed E-state index contributed by atoms with van der Waals surface area (Å²) in [4.78, 5) is 6.57. The van der Waals surface area contributed by atoms with E-state index in [-0.39, 0.29) is 0 Å². The molecule has 1 N–H and O–H groups in total. The number of ether oxygens (including phenoxy) is 2. The molecule has 0 amide bonds. The summed E-state index contributed by atoms with van der Waals surface area (Å²) in [5, 5.41) is 10.1. The average molecular weight is 266 g/mol. The number of aliphatic hydroxyl groups is 1. The maximum absolute atomic E-state index is 10.1. The van der Waals surface area contributed by atoms with Crippen LogP contribution >= 0.6 is 0 Å². The summed E-state index contributed by atoms with van der Waals surface area (Å²) in [5.41, 5.74) is 0.240. The van der Waals surface area contributed by atoms with Crippen LogP contribution in [-0.4, -0.2) is 47.9 Å². The molecule has 0 aromatic carbocycles. The van der Waals surface area contributed by atoms with Gasteiger partial charge in [-0.3, -0.25) is 9.88 Å². The third-order valence-electron chi connectivity index (χ3n) is 3.49. The molecule has 0 radical (unpaired) electrons. The lowest BCUT2D eigenvalue weighted by Crippen LogP contribution is -2.45. The highest BCUT2D eigenvalue weighted by atomic mass is 16.5. The Hall–Kier alpha value is -1.33. The van der Waals surface area contributed by atoms with Gasteiger partial charge in [0.1, 0.15) is 5.69 Å². The van der Waals surface area contributed by atoms with Crippen molar-refractivity contribution in [3.63, 3.8) is 0 Å². The highest BCUT2D eigenvalue weighted by molar-refractivity contribution is 5.42. The quantitative estimate of drug-likeness (QED) is 0.894. The van der Waals surface area contributed by atoms with Gasteiger partial charge in [-0.15, -0.1) is 0 Å². The molecule has 5 heteroatoms. The fourth-order valence-electron chi connectivity index (χ4n) is 2.63. The van der Waals surface area contributed by atoms with Crippen LogP contribution in [0.1, 0.15) is 25.5 Å². The van der Waals surface area contributed by atoms with Gasteiger partial charge in [0.05, 0.1) is 19.8 Å². The van der Waals surface area contributed by atoms with E-state index in [2.05, 4.69) is 9.88 Å². The molecule has 1 atom stereocenters. The van der Waals surface area contributed by atoms with E-state index in [4.69, 9.17) is 9.47 Å². The summed E-state index contributed by atoms with van der Waals surface area (Å²) in [6.07, 6.45) is 3.57. The molecule has 19 heavy (non-hydrogen) atoms. The molecule has 0 spiro atoms. The van der Waals surface area contributed by atoms with E-state index in [0.29, 0.717) is 24.6 Å². The third kappa shape index (κ3) is 3.36. The van der Waals surface area contributed by atoms with Crippen LogP contribution in [0.4, 0.5) is 0 Å². The first-order chi connectivity index (χ1) is 9.05. The fourth-order valence-corrected chi connectivity index (χ4v) is 2.63. The standard InChI is InChI=1S/C14H22N2O3/c1-14(17)6-4-8-16(10-14)9-11-13(19-3)12(18-2)5-7-15-11/h5,7,17H,4,6,8-10H2,1-3H3. The minimum Gasteiger partial charge on any atom is -0.493 e. The van der Waals surface area contributed by atoms with Gasteiger partial charge in [-0.25, -0.2) is 0 Å². The van der Waals surface area contributed by atoms with Crippen molar-refractivity contribution >= 4 is 0 Å². The van der Waals surface area contributed by atoms with Crippen molar-refractivity contribution in [1.82, 2.24) is 9.88 Å². The predicted octanol–water partition coefficient (Wildman–Crippen LogP) is 1.45. The van der Waals surface area contributed by atoms with E-state index in [1.807, 2.05) is 6.92 Å². The zero-order valence-corrected chi connectivity index (χ0v) is 11.8. The Morgan fingerprint density at radius 1 is 1.42 bits per heavy atom. The first-order valence-corrected chi connectivity index (χ1v) is 6.56. The molecule has 0 saturated carbocycles. The smallest absolute Gasteiger partial charge is 0.183 e. The lowest BCUT2D eigenvalue weighted by Gasteiger charge is -2.36. The van der Waals surface area contributed by atoms with Crippen molar-refractivity contribution in [2.24, 2.45) is 0 Å². The van der Waals surface area contributed by atoms with Gasteiger partial charge < -0.3 is 14.6 Å². The summed E-state index contributed by atoms with van der Waals surface area (Å²) in [5.74, 6) is 1.37. The van der Waals surface area contributed by atoms with Gasteiger partial charge in [0.25, 0.3) is 0 Å². The van der Waals surface area contributed by atoms with Gasteiger partial charge >= 0.3 is 0 Å². The molecule has 1 aromatic rings. The number of aromatic nitrogens is 1. The molecule has 0 bridgehead atoms. The van der Waals surface area contributed by atoms with Crippen LogP contribution in [0.5, 0.6) is 11.5 Å². The number of methoxy groups -OCH3 is 2. The number of piperidine rings is 1. The first kappa shape index (κ1) is 14.1. The molecular formula is C14H22N2O3. The number of pyridine rings is 1. The van der Waals surface area contributed by atoms with Crippen LogP contribution in [0.3, 0.4) is 0 Å². The zero-order valence-electron chi connectivity index (χ0n) is 11.8. The van der Waals surface area contributed by atoms with Crippen LogP contribution < -0.4 is 9.47 Å². The van der Waals surface area contributed by atoms with E-state index in [9.17, 15) is 5.11 Å². The van der Waals surface area contributed by atoms with E-state index >= 15 is 0 Å². The Labute approximate surface area is 114 Å². The van der Waals surface area contributed by atoms with Gasteiger partial charge in [-0.2, -0.15) is 0 Å². The van der Waals surface area contributed by atoms with E-state index in [1.54, 1.807) is 26.5 Å². The minimum absolute atomic E-state index is 0.607. The number of hydrogen-bond donors (Lipinski definition) is 1. The molecule has 1 aliphatic heterocycles. The topological polar surface area (TPSA) is 54.8 Å². The summed E-state index contributed by atoms with van der Waals surface area (Å²) in [6, 6.07) is 1.79. The van der Waals surface area contributed by atoms with Crippen LogP contribution in [0.15, 0.2) is 12.3 Å². The van der Waals surface area contributed by atoms with Crippen molar-refractivity contribution < 1.29 is 14.6 Å². The molecule has 5 nitrogen and oxygen atoms in total. The molecule has 1 fully saturated rings. The molecule has 1 aliphatic rings. The van der Waals surface area contributed by atoms with Gasteiger partial charge in [-0.05, 0) is 26.3 Å². The maximum atomic E-state index is 10.1. The van der Waals surface area contributed by atoms with E-state index in [1.165, 1.54) is 0 Å². The van der Waals surface area contributed by atoms with Gasteiger partial charge in [-0.1, -0.05) is 0 Å². The Kier molecular flexibility index (Phi) is 4.27. The molecule has 0 aliphatic carbocycles. The minimum atomic E-state index is -0.607. The lowest BCUT2D eigenvalue weighted by molar-refractivity contribution is -0.0187. The summed E-state index contributed by atoms with van der Waals surface area (Å²) in [6.45, 7) is 4.18. The predicted molar refractivity (Wildman–Crippen MR) is 72.5 cm³/mol. The number of nitrogens with zero attached hydrogens (tertiary/aromatic N) is 2. The average Bonchev–Trinajstić information content (AvgIpc) is 2.37. The molecule has 1 unspecified atom stereocenters. The Balaban J connectivity index is 2.14. The van der Waals surface area contributed by atoms with Crippen molar-refractivity contribution in [2.45, 2.75) is 31.9 Å². The second-order valence-corrected chi connectivity index (χ2v) is 5.30. The number of rotatable bonds is 4. The van der Waals surface area contributed by atoms with Crippen LogP contribution in [0.25, 0.3) is 0 Å². The molecule has 1 aromatic heterocycles. The molecular weight excluding hydrogens is 244 g/mol. The summed E-state index contributed by atoms with van der Waals surface area (Å²) >= 11 is 0. The van der Waals surface area contributed by atoms with Crippen molar-refractivity contribution in [2.75, 3.05) is 27.3 Å². The van der Waals surface area contributed by atoms with Crippen LogP contribution in [0, 0.1) is 0 Å². The van der Waals surface area contributed by atoms with Gasteiger partial charge in [0, 0.05) is 25.4 Å². The first-order valence-electron chi connectivity index (χ1n) is 6.56. The Morgan fingerprint density at radius 3 is 2.84 bits per heavy atom. The van der Waals surface area contributed by atoms with Crippen LogP contribution in [0.2, 0.25) is 0 Å². The zero-order chi connectivity index (χ0) is 13.9. The fraction of sp³-hybridized carbons (Fsp3) is 0.643. The van der Waals surface area contributed by atoms with Gasteiger partial charge in [0.2, 0.25) is 0 Å². The number of β-amino-alcohol motifs (C(OH)–C–C–N with tert-alkyl or cyclic N) is 1. The molecule has 1 saturated heterocycles. The maximum Gasteiger partial charge on any atom is 0.183 e.